The average Bonchev–Trinajstić information content (AvgIpc) is 2.36. The van der Waals surface area contributed by atoms with Crippen LogP contribution in [-0.2, 0) is 0 Å². The zero-order valence-electron chi connectivity index (χ0n) is 12.8. The molecule has 1 aromatic carbocycles. The van der Waals surface area contributed by atoms with E-state index in [1.165, 1.54) is 35.7 Å². The van der Waals surface area contributed by atoms with Crippen molar-refractivity contribution in [1.29, 1.82) is 0 Å². The number of hydrogen-bond acceptors (Lipinski definition) is 2. The van der Waals surface area contributed by atoms with Crippen LogP contribution >= 0.6 is 15.9 Å². The maximum atomic E-state index is 10.7. The maximum Gasteiger partial charge on any atom is 0.0774 e. The summed E-state index contributed by atoms with van der Waals surface area (Å²) in [6.07, 6.45) is 6.76. The van der Waals surface area contributed by atoms with Crippen molar-refractivity contribution in [3.63, 3.8) is 0 Å². The monoisotopic (exact) mass is 351 g/mol. The Bertz CT molecular complexity index is 486. The molecule has 1 aromatic rings. The number of nitrogens with one attached hydrogen (secondary N) is 1. The normalized spacial score (nSPS) is 36.2. The van der Waals surface area contributed by atoms with Gasteiger partial charge < -0.3 is 10.4 Å². The number of hydrogen-bond donors (Lipinski definition) is 2. The minimum absolute atomic E-state index is 0.460. The Kier molecular flexibility index (Phi) is 4.72. The van der Waals surface area contributed by atoms with E-state index in [9.17, 15) is 5.11 Å². The standard InChI is InChI=1S/C18H26BrNO/c1-13-4-3-7-18(21,11-13)12-20-17-9-15(10-17)14-5-2-6-16(19)8-14/h2,5-6,8,13,15,17,20-21H,3-4,7,9-12H2,1H3. The molecule has 0 spiro atoms. The lowest BCUT2D eigenvalue weighted by Gasteiger charge is -2.41. The van der Waals surface area contributed by atoms with Crippen LogP contribution in [0.1, 0.15) is 56.9 Å². The van der Waals surface area contributed by atoms with Crippen LogP contribution in [0.5, 0.6) is 0 Å². The number of halogens is 1. The SMILES string of the molecule is CC1CCCC(O)(CNC2CC(c3cccc(Br)c3)C2)C1. The van der Waals surface area contributed by atoms with Crippen molar-refractivity contribution in [2.45, 2.75) is 63.0 Å². The van der Waals surface area contributed by atoms with Crippen LogP contribution in [0.25, 0.3) is 0 Å². The van der Waals surface area contributed by atoms with Gasteiger partial charge in [0, 0.05) is 17.1 Å². The number of aliphatic hydroxyl groups is 1. The van der Waals surface area contributed by atoms with E-state index in [2.05, 4.69) is 52.4 Å². The Labute approximate surface area is 136 Å². The highest BCUT2D eigenvalue weighted by Crippen LogP contribution is 2.38. The van der Waals surface area contributed by atoms with Gasteiger partial charge in [-0.25, -0.2) is 0 Å². The molecule has 2 aliphatic carbocycles. The Morgan fingerprint density at radius 3 is 2.90 bits per heavy atom. The van der Waals surface area contributed by atoms with Crippen LogP contribution in [0.3, 0.4) is 0 Å². The number of benzene rings is 1. The first kappa shape index (κ1) is 15.5. The molecule has 2 saturated carbocycles. The van der Waals surface area contributed by atoms with Gasteiger partial charge in [-0.15, -0.1) is 0 Å². The van der Waals surface area contributed by atoms with Gasteiger partial charge in [0.2, 0.25) is 0 Å². The lowest BCUT2D eigenvalue weighted by atomic mass is 9.74. The predicted molar refractivity (Wildman–Crippen MR) is 90.5 cm³/mol. The summed E-state index contributed by atoms with van der Waals surface area (Å²) in [7, 11) is 0. The summed E-state index contributed by atoms with van der Waals surface area (Å²) >= 11 is 3.55. The molecule has 0 amide bonds. The van der Waals surface area contributed by atoms with E-state index in [0.29, 0.717) is 17.9 Å². The molecule has 2 fully saturated rings. The van der Waals surface area contributed by atoms with Crippen molar-refractivity contribution < 1.29 is 5.11 Å². The van der Waals surface area contributed by atoms with Gasteiger partial charge in [-0.3, -0.25) is 0 Å². The Hall–Kier alpha value is -0.380. The van der Waals surface area contributed by atoms with Crippen LogP contribution in [0.2, 0.25) is 0 Å². The third kappa shape index (κ3) is 3.88. The fraction of sp³-hybridized carbons (Fsp3) is 0.667. The Morgan fingerprint density at radius 2 is 2.19 bits per heavy atom. The van der Waals surface area contributed by atoms with E-state index in [1.807, 2.05) is 0 Å². The van der Waals surface area contributed by atoms with Crippen molar-refractivity contribution in [2.24, 2.45) is 5.92 Å². The van der Waals surface area contributed by atoms with Crippen molar-refractivity contribution in [1.82, 2.24) is 5.32 Å². The van der Waals surface area contributed by atoms with Gasteiger partial charge >= 0.3 is 0 Å². The summed E-state index contributed by atoms with van der Waals surface area (Å²) in [4.78, 5) is 0. The molecule has 2 aliphatic rings. The largest absolute Gasteiger partial charge is 0.389 e. The Balaban J connectivity index is 1.45. The van der Waals surface area contributed by atoms with Gasteiger partial charge in [-0.2, -0.15) is 0 Å². The average molecular weight is 352 g/mol. The van der Waals surface area contributed by atoms with E-state index < -0.39 is 5.60 Å². The molecule has 0 bridgehead atoms. The van der Waals surface area contributed by atoms with Crippen molar-refractivity contribution in [2.75, 3.05) is 6.54 Å². The summed E-state index contributed by atoms with van der Waals surface area (Å²) in [5.74, 6) is 1.35. The summed E-state index contributed by atoms with van der Waals surface area (Å²) in [5.41, 5.74) is 0.978. The third-order valence-corrected chi connectivity index (χ3v) is 5.74. The molecule has 21 heavy (non-hydrogen) atoms. The summed E-state index contributed by atoms with van der Waals surface area (Å²) < 4.78 is 1.17. The van der Waals surface area contributed by atoms with Gasteiger partial charge in [0.1, 0.15) is 0 Å². The lowest BCUT2D eigenvalue weighted by Crippen LogP contribution is -2.50. The summed E-state index contributed by atoms with van der Waals surface area (Å²) in [6, 6.07) is 9.23. The smallest absolute Gasteiger partial charge is 0.0774 e. The van der Waals surface area contributed by atoms with Gasteiger partial charge in [-0.1, -0.05) is 47.8 Å². The fourth-order valence-electron chi connectivity index (χ4n) is 3.94. The van der Waals surface area contributed by atoms with E-state index in [-0.39, 0.29) is 0 Å². The Morgan fingerprint density at radius 1 is 1.38 bits per heavy atom. The fourth-order valence-corrected chi connectivity index (χ4v) is 4.36. The number of rotatable bonds is 4. The molecular formula is C18H26BrNO. The highest BCUT2D eigenvalue weighted by Gasteiger charge is 2.35. The molecule has 2 atom stereocenters. The van der Waals surface area contributed by atoms with E-state index in [1.54, 1.807) is 0 Å². The van der Waals surface area contributed by atoms with Crippen LogP contribution in [-0.4, -0.2) is 23.3 Å². The second kappa shape index (κ2) is 6.39. The maximum absolute atomic E-state index is 10.7. The second-order valence-corrected chi connectivity index (χ2v) is 8.14. The van der Waals surface area contributed by atoms with Gasteiger partial charge in [0.25, 0.3) is 0 Å². The molecule has 2 nitrogen and oxygen atoms in total. The van der Waals surface area contributed by atoms with Crippen LogP contribution < -0.4 is 5.32 Å². The first-order valence-electron chi connectivity index (χ1n) is 8.25. The van der Waals surface area contributed by atoms with E-state index >= 15 is 0 Å². The molecule has 2 unspecified atom stereocenters. The van der Waals surface area contributed by atoms with Crippen molar-refractivity contribution in [3.05, 3.63) is 34.3 Å². The first-order chi connectivity index (χ1) is 10.0. The van der Waals surface area contributed by atoms with Crippen LogP contribution in [0.15, 0.2) is 28.7 Å². The highest BCUT2D eigenvalue weighted by atomic mass is 79.9. The molecular weight excluding hydrogens is 326 g/mol. The van der Waals surface area contributed by atoms with Gasteiger partial charge in [0.05, 0.1) is 5.60 Å². The first-order valence-corrected chi connectivity index (χ1v) is 9.05. The quantitative estimate of drug-likeness (QED) is 0.850. The van der Waals surface area contributed by atoms with E-state index in [0.717, 1.165) is 19.4 Å². The van der Waals surface area contributed by atoms with Gasteiger partial charge in [-0.05, 0) is 55.2 Å². The van der Waals surface area contributed by atoms with E-state index in [4.69, 9.17) is 0 Å². The van der Waals surface area contributed by atoms with Gasteiger partial charge in [0.15, 0.2) is 0 Å². The predicted octanol–water partition coefficient (Wildman–Crippen LogP) is 4.23. The molecule has 3 rings (SSSR count). The summed E-state index contributed by atoms with van der Waals surface area (Å²) in [5, 5.41) is 14.3. The molecule has 3 heteroatoms. The minimum Gasteiger partial charge on any atom is -0.389 e. The zero-order valence-corrected chi connectivity index (χ0v) is 14.4. The van der Waals surface area contributed by atoms with Crippen molar-refractivity contribution >= 4 is 15.9 Å². The highest BCUT2D eigenvalue weighted by molar-refractivity contribution is 9.10. The molecule has 2 N–H and O–H groups in total. The molecule has 0 aromatic heterocycles. The molecule has 0 aliphatic heterocycles. The van der Waals surface area contributed by atoms with Crippen LogP contribution in [0.4, 0.5) is 0 Å². The minimum atomic E-state index is -0.460. The summed E-state index contributed by atoms with van der Waals surface area (Å²) in [6.45, 7) is 3.03. The van der Waals surface area contributed by atoms with Crippen LogP contribution in [0, 0.1) is 5.92 Å². The molecule has 116 valence electrons. The second-order valence-electron chi connectivity index (χ2n) is 7.23. The molecule has 0 heterocycles. The van der Waals surface area contributed by atoms with Crippen molar-refractivity contribution in [3.8, 4) is 0 Å². The third-order valence-electron chi connectivity index (χ3n) is 5.25. The zero-order chi connectivity index (χ0) is 14.9. The topological polar surface area (TPSA) is 32.3 Å². The molecule has 0 saturated heterocycles. The lowest BCUT2D eigenvalue weighted by molar-refractivity contribution is -0.0162. The molecule has 0 radical (unpaired) electrons.